The summed E-state index contributed by atoms with van der Waals surface area (Å²) in [6, 6.07) is 0.666. The molecule has 2 aromatic heterocycles. The van der Waals surface area contributed by atoms with Gasteiger partial charge < -0.3 is 14.5 Å². The van der Waals surface area contributed by atoms with Gasteiger partial charge in [-0.3, -0.25) is 0 Å². The van der Waals surface area contributed by atoms with Crippen LogP contribution in [-0.2, 0) is 12.3 Å². The Morgan fingerprint density at radius 1 is 1.19 bits per heavy atom. The van der Waals surface area contributed by atoms with Gasteiger partial charge in [0.2, 0.25) is 0 Å². The van der Waals surface area contributed by atoms with Crippen LogP contribution < -0.4 is 5.32 Å². The quantitative estimate of drug-likeness (QED) is 0.551. The summed E-state index contributed by atoms with van der Waals surface area (Å²) in [5.41, 5.74) is 0. The number of imidazole rings is 1. The van der Waals surface area contributed by atoms with Crippen LogP contribution in [0.2, 0.25) is 0 Å². The molecule has 1 N–H and O–H groups in total. The van der Waals surface area contributed by atoms with Crippen molar-refractivity contribution in [1.29, 1.82) is 0 Å². The molecular formula is C17H26Cl2N6S. The van der Waals surface area contributed by atoms with Crippen LogP contribution in [0.5, 0.6) is 0 Å². The minimum absolute atomic E-state index is 0. The summed E-state index contributed by atoms with van der Waals surface area (Å²) < 4.78 is 4.55. The minimum Gasteiger partial charge on any atom is -0.331 e. The molecule has 0 bridgehead atoms. The number of aromatic nitrogens is 5. The molecule has 0 spiro atoms. The lowest BCUT2D eigenvalue weighted by molar-refractivity contribution is 0.431. The molecule has 0 amide bonds. The number of hydrogen-bond donors (Lipinski definition) is 1. The molecule has 2 fully saturated rings. The number of hydrogen-bond acceptors (Lipinski definition) is 5. The van der Waals surface area contributed by atoms with E-state index in [2.05, 4.69) is 42.4 Å². The summed E-state index contributed by atoms with van der Waals surface area (Å²) in [6.07, 6.45) is 10.8. The first-order valence-corrected chi connectivity index (χ1v) is 9.74. The van der Waals surface area contributed by atoms with Crippen molar-refractivity contribution in [3.63, 3.8) is 0 Å². The largest absolute Gasteiger partial charge is 0.331 e. The van der Waals surface area contributed by atoms with Crippen molar-refractivity contribution in [3.05, 3.63) is 36.7 Å². The highest BCUT2D eigenvalue weighted by atomic mass is 35.5. The third-order valence-electron chi connectivity index (χ3n) is 4.78. The maximum Gasteiger partial charge on any atom is 0.191 e. The van der Waals surface area contributed by atoms with Crippen molar-refractivity contribution in [3.8, 4) is 0 Å². The Morgan fingerprint density at radius 2 is 1.96 bits per heavy atom. The molecule has 6 nitrogen and oxygen atoms in total. The normalized spacial score (nSPS) is 17.4. The third kappa shape index (κ3) is 4.63. The predicted molar refractivity (Wildman–Crippen MR) is 110 cm³/mol. The summed E-state index contributed by atoms with van der Waals surface area (Å²) in [5.74, 6) is 3.59. The van der Waals surface area contributed by atoms with Crippen LogP contribution in [0.3, 0.4) is 0 Å². The predicted octanol–water partition coefficient (Wildman–Crippen LogP) is 3.60. The van der Waals surface area contributed by atoms with Crippen LogP contribution in [0.15, 0.2) is 30.2 Å². The molecule has 0 aromatic carbocycles. The number of nitrogens with one attached hydrogen (secondary N) is 1. The van der Waals surface area contributed by atoms with E-state index < -0.39 is 0 Å². The lowest BCUT2D eigenvalue weighted by Gasteiger charge is -2.22. The lowest BCUT2D eigenvalue weighted by Crippen LogP contribution is -2.28. The van der Waals surface area contributed by atoms with Gasteiger partial charge in [-0.1, -0.05) is 17.8 Å². The molecular weight excluding hydrogens is 391 g/mol. The molecule has 2 aromatic rings. The first-order chi connectivity index (χ1) is 11.9. The molecule has 1 aliphatic heterocycles. The Labute approximate surface area is 171 Å². The molecule has 9 heteroatoms. The van der Waals surface area contributed by atoms with Gasteiger partial charge in [0.05, 0.1) is 5.75 Å². The average molecular weight is 417 g/mol. The van der Waals surface area contributed by atoms with E-state index in [4.69, 9.17) is 0 Å². The van der Waals surface area contributed by atoms with Gasteiger partial charge in [-0.05, 0) is 38.8 Å². The Balaban J connectivity index is 0.00000121. The zero-order valence-corrected chi connectivity index (χ0v) is 17.2. The Hall–Kier alpha value is -1.02. The zero-order chi connectivity index (χ0) is 16.4. The number of allylic oxidation sites excluding steroid dienone is 1. The summed E-state index contributed by atoms with van der Waals surface area (Å²) in [5, 5.41) is 13.4. The Bertz CT molecular complexity index is 706. The monoisotopic (exact) mass is 416 g/mol. The summed E-state index contributed by atoms with van der Waals surface area (Å²) in [4.78, 5) is 4.52. The van der Waals surface area contributed by atoms with Gasteiger partial charge in [-0.25, -0.2) is 4.98 Å². The summed E-state index contributed by atoms with van der Waals surface area (Å²) in [6.45, 7) is 6.80. The van der Waals surface area contributed by atoms with Gasteiger partial charge in [0.25, 0.3) is 0 Å². The fraction of sp³-hybridized carbons (Fsp3) is 0.588. The Morgan fingerprint density at radius 3 is 2.65 bits per heavy atom. The molecule has 3 heterocycles. The second-order valence-corrected chi connectivity index (χ2v) is 7.48. The van der Waals surface area contributed by atoms with Crippen LogP contribution in [0, 0.1) is 0 Å². The molecule has 0 unspecified atom stereocenters. The molecule has 0 radical (unpaired) electrons. The molecule has 1 aliphatic carbocycles. The topological polar surface area (TPSA) is 60.6 Å². The maximum atomic E-state index is 4.52. The lowest BCUT2D eigenvalue weighted by atomic mass is 9.97. The highest BCUT2D eigenvalue weighted by molar-refractivity contribution is 7.98. The highest BCUT2D eigenvalue weighted by Crippen LogP contribution is 2.36. The van der Waals surface area contributed by atoms with Gasteiger partial charge in [0.15, 0.2) is 5.16 Å². The molecule has 2 aliphatic rings. The SMILES string of the molecule is C=CCn1c(SCc2nccn2C2CC2)nnc1C1CCNCC1.Cl.Cl. The van der Waals surface area contributed by atoms with E-state index in [1.54, 1.807) is 11.8 Å². The van der Waals surface area contributed by atoms with Gasteiger partial charge >= 0.3 is 0 Å². The molecule has 144 valence electrons. The molecule has 1 saturated carbocycles. The summed E-state index contributed by atoms with van der Waals surface area (Å²) in [7, 11) is 0. The molecule has 4 rings (SSSR count). The van der Waals surface area contributed by atoms with E-state index in [0.29, 0.717) is 12.0 Å². The van der Waals surface area contributed by atoms with Crippen LogP contribution in [0.25, 0.3) is 0 Å². The highest BCUT2D eigenvalue weighted by Gasteiger charge is 2.26. The van der Waals surface area contributed by atoms with E-state index in [0.717, 1.165) is 55.0 Å². The molecule has 0 atom stereocenters. The fourth-order valence-corrected chi connectivity index (χ4v) is 4.26. The van der Waals surface area contributed by atoms with Crippen molar-refractivity contribution in [2.45, 2.75) is 55.1 Å². The van der Waals surface area contributed by atoms with Crippen molar-refractivity contribution < 1.29 is 0 Å². The van der Waals surface area contributed by atoms with E-state index in [1.165, 1.54) is 12.8 Å². The van der Waals surface area contributed by atoms with Crippen LogP contribution >= 0.6 is 36.6 Å². The standard InChI is InChI=1S/C17H24N6S.2ClH/c1-2-10-23-16(13-5-7-18-8-6-13)20-21-17(23)24-12-15-19-9-11-22(15)14-3-4-14;;/h2,9,11,13-14,18H,1,3-8,10,12H2;2*1H. The third-order valence-corrected chi connectivity index (χ3v) is 5.74. The second-order valence-electron chi connectivity index (χ2n) is 6.53. The van der Waals surface area contributed by atoms with Crippen molar-refractivity contribution in [1.82, 2.24) is 29.6 Å². The zero-order valence-electron chi connectivity index (χ0n) is 14.7. The number of halogens is 2. The van der Waals surface area contributed by atoms with Crippen molar-refractivity contribution in [2.24, 2.45) is 0 Å². The molecule has 1 saturated heterocycles. The van der Waals surface area contributed by atoms with Gasteiger partial charge in [0.1, 0.15) is 11.6 Å². The number of nitrogens with zero attached hydrogens (tertiary/aromatic N) is 5. The Kier molecular flexibility index (Phi) is 8.01. The van der Waals surface area contributed by atoms with Crippen LogP contribution in [0.4, 0.5) is 0 Å². The number of thioether (sulfide) groups is 1. The fourth-order valence-electron chi connectivity index (χ4n) is 3.36. The van der Waals surface area contributed by atoms with E-state index in [1.807, 2.05) is 12.3 Å². The van der Waals surface area contributed by atoms with Crippen molar-refractivity contribution >= 4 is 36.6 Å². The van der Waals surface area contributed by atoms with Crippen molar-refractivity contribution in [2.75, 3.05) is 13.1 Å². The van der Waals surface area contributed by atoms with E-state index in [9.17, 15) is 0 Å². The van der Waals surface area contributed by atoms with E-state index in [-0.39, 0.29) is 24.8 Å². The average Bonchev–Trinajstić information content (AvgIpc) is 3.22. The smallest absolute Gasteiger partial charge is 0.191 e. The van der Waals surface area contributed by atoms with E-state index >= 15 is 0 Å². The van der Waals surface area contributed by atoms with Gasteiger partial charge in [0, 0.05) is 30.9 Å². The van der Waals surface area contributed by atoms with Gasteiger partial charge in [-0.2, -0.15) is 0 Å². The second kappa shape index (κ2) is 9.78. The van der Waals surface area contributed by atoms with Crippen LogP contribution in [0.1, 0.15) is 49.3 Å². The number of piperidine rings is 1. The number of rotatable bonds is 7. The van der Waals surface area contributed by atoms with Gasteiger partial charge in [-0.15, -0.1) is 41.6 Å². The first kappa shape index (κ1) is 21.3. The summed E-state index contributed by atoms with van der Waals surface area (Å²) >= 11 is 1.73. The minimum atomic E-state index is 0. The van der Waals surface area contributed by atoms with Crippen LogP contribution in [-0.4, -0.2) is 37.4 Å². The first-order valence-electron chi connectivity index (χ1n) is 8.76. The maximum absolute atomic E-state index is 4.52. The molecule has 26 heavy (non-hydrogen) atoms.